The number of methoxy groups -OCH3 is 1. The molecule has 1 unspecified atom stereocenters. The van der Waals surface area contributed by atoms with E-state index in [1.807, 2.05) is 0 Å². The van der Waals surface area contributed by atoms with Crippen molar-refractivity contribution < 1.29 is 18.7 Å². The molecule has 0 aliphatic rings. The van der Waals surface area contributed by atoms with Gasteiger partial charge in [0.25, 0.3) is 0 Å². The van der Waals surface area contributed by atoms with Gasteiger partial charge in [-0.15, -0.1) is 0 Å². The molecule has 1 aromatic carbocycles. The zero-order valence-electron chi connectivity index (χ0n) is 13.2. The van der Waals surface area contributed by atoms with Gasteiger partial charge in [-0.05, 0) is 39.3 Å². The summed E-state index contributed by atoms with van der Waals surface area (Å²) in [5, 5.41) is 2.91. The van der Waals surface area contributed by atoms with Crippen LogP contribution in [0.5, 0.6) is 5.75 Å². The number of rotatable bonds is 5. The second kappa shape index (κ2) is 7.65. The van der Waals surface area contributed by atoms with E-state index >= 15 is 0 Å². The Kier molecular flexibility index (Phi) is 6.44. The molecule has 0 bridgehead atoms. The Balaban J connectivity index is 2.85. The van der Waals surface area contributed by atoms with Crippen LogP contribution in [0.15, 0.2) is 12.1 Å². The number of halogens is 2. The Labute approximate surface area is 134 Å². The normalized spacial score (nSPS) is 12.7. The molecule has 124 valence electrons. The molecule has 0 spiro atoms. The van der Waals surface area contributed by atoms with E-state index in [2.05, 4.69) is 5.32 Å². The van der Waals surface area contributed by atoms with E-state index in [4.69, 9.17) is 26.8 Å². The topological polar surface area (TPSA) is 73.6 Å². The van der Waals surface area contributed by atoms with Crippen LogP contribution in [0, 0.1) is 5.82 Å². The predicted molar refractivity (Wildman–Crippen MR) is 83.9 cm³/mol. The van der Waals surface area contributed by atoms with Crippen molar-refractivity contribution in [3.8, 4) is 5.75 Å². The van der Waals surface area contributed by atoms with Crippen LogP contribution < -0.4 is 15.8 Å². The highest BCUT2D eigenvalue weighted by atomic mass is 35.5. The maximum absolute atomic E-state index is 13.8. The minimum Gasteiger partial charge on any atom is -0.493 e. The lowest BCUT2D eigenvalue weighted by Gasteiger charge is -2.23. The van der Waals surface area contributed by atoms with E-state index < -0.39 is 23.6 Å². The van der Waals surface area contributed by atoms with E-state index in [0.29, 0.717) is 5.56 Å². The minimum absolute atomic E-state index is 0.0915. The van der Waals surface area contributed by atoms with Crippen molar-refractivity contribution in [3.63, 3.8) is 0 Å². The second-order valence-corrected chi connectivity index (χ2v) is 6.30. The van der Waals surface area contributed by atoms with E-state index in [1.165, 1.54) is 13.2 Å². The Morgan fingerprint density at radius 2 is 2.09 bits per heavy atom. The van der Waals surface area contributed by atoms with Gasteiger partial charge in [0.15, 0.2) is 11.6 Å². The standard InChI is InChI=1S/C15H22ClFN2O3/c1-15(2,3)22-14(20)19-11(8-18)6-9-5-10(16)7-12(17)13(9)21-4/h5,7,11H,6,8,18H2,1-4H3,(H,19,20). The van der Waals surface area contributed by atoms with Gasteiger partial charge in [0, 0.05) is 23.2 Å². The molecular weight excluding hydrogens is 311 g/mol. The van der Waals surface area contributed by atoms with E-state index in [-0.39, 0.29) is 23.7 Å². The number of nitrogens with one attached hydrogen (secondary N) is 1. The molecule has 0 saturated carbocycles. The number of nitrogens with two attached hydrogens (primary N) is 1. The van der Waals surface area contributed by atoms with E-state index in [0.717, 1.165) is 0 Å². The van der Waals surface area contributed by atoms with E-state index in [1.54, 1.807) is 26.8 Å². The highest BCUT2D eigenvalue weighted by molar-refractivity contribution is 6.30. The van der Waals surface area contributed by atoms with Crippen LogP contribution in [-0.4, -0.2) is 31.4 Å². The lowest BCUT2D eigenvalue weighted by molar-refractivity contribution is 0.0505. The number of carbonyl (C=O) groups is 1. The van der Waals surface area contributed by atoms with Crippen LogP contribution in [-0.2, 0) is 11.2 Å². The van der Waals surface area contributed by atoms with Crippen LogP contribution >= 0.6 is 11.6 Å². The number of alkyl carbamates (subject to hydrolysis) is 1. The summed E-state index contributed by atoms with van der Waals surface area (Å²) >= 11 is 5.86. The number of hydrogen-bond donors (Lipinski definition) is 2. The number of hydrogen-bond acceptors (Lipinski definition) is 4. The van der Waals surface area contributed by atoms with Gasteiger partial charge in [0.2, 0.25) is 0 Å². The van der Waals surface area contributed by atoms with Gasteiger partial charge in [-0.3, -0.25) is 0 Å². The molecule has 1 aromatic rings. The van der Waals surface area contributed by atoms with Gasteiger partial charge in [0.05, 0.1) is 7.11 Å². The molecule has 5 nitrogen and oxygen atoms in total. The van der Waals surface area contributed by atoms with Crippen molar-refractivity contribution in [2.75, 3.05) is 13.7 Å². The molecule has 0 heterocycles. The van der Waals surface area contributed by atoms with E-state index in [9.17, 15) is 9.18 Å². The molecule has 1 atom stereocenters. The number of benzene rings is 1. The van der Waals surface area contributed by atoms with Crippen LogP contribution in [0.4, 0.5) is 9.18 Å². The van der Waals surface area contributed by atoms with Crippen LogP contribution in [0.25, 0.3) is 0 Å². The first-order valence-electron chi connectivity index (χ1n) is 6.87. The van der Waals surface area contributed by atoms with Crippen molar-refractivity contribution >= 4 is 17.7 Å². The molecule has 0 radical (unpaired) electrons. The van der Waals surface area contributed by atoms with Gasteiger partial charge in [-0.1, -0.05) is 11.6 Å². The fraction of sp³-hybridized carbons (Fsp3) is 0.533. The van der Waals surface area contributed by atoms with Crippen LogP contribution in [0.1, 0.15) is 26.3 Å². The van der Waals surface area contributed by atoms with Crippen molar-refractivity contribution in [2.24, 2.45) is 5.73 Å². The number of amides is 1. The predicted octanol–water partition coefficient (Wildman–Crippen LogP) is 2.88. The molecule has 7 heteroatoms. The molecular formula is C15H22ClFN2O3. The molecule has 1 rings (SSSR count). The summed E-state index contributed by atoms with van der Waals surface area (Å²) in [5.74, 6) is -0.466. The first-order valence-corrected chi connectivity index (χ1v) is 7.25. The van der Waals surface area contributed by atoms with Crippen molar-refractivity contribution in [1.29, 1.82) is 0 Å². The maximum atomic E-state index is 13.8. The average Bonchev–Trinajstić information content (AvgIpc) is 2.35. The van der Waals surface area contributed by atoms with Crippen molar-refractivity contribution in [2.45, 2.75) is 38.8 Å². The quantitative estimate of drug-likeness (QED) is 0.869. The Morgan fingerprint density at radius 3 is 2.59 bits per heavy atom. The third-order valence-electron chi connectivity index (χ3n) is 2.76. The molecule has 0 aliphatic heterocycles. The molecule has 0 fully saturated rings. The van der Waals surface area contributed by atoms with Gasteiger partial charge in [-0.25, -0.2) is 9.18 Å². The zero-order chi connectivity index (χ0) is 16.9. The van der Waals surface area contributed by atoms with Crippen LogP contribution in [0.2, 0.25) is 5.02 Å². The third kappa shape index (κ3) is 5.69. The summed E-state index contributed by atoms with van der Waals surface area (Å²) in [4.78, 5) is 11.8. The Morgan fingerprint density at radius 1 is 1.45 bits per heavy atom. The summed E-state index contributed by atoms with van der Waals surface area (Å²) in [6, 6.07) is 2.33. The van der Waals surface area contributed by atoms with Gasteiger partial charge < -0.3 is 20.5 Å². The lowest BCUT2D eigenvalue weighted by atomic mass is 10.0. The minimum atomic E-state index is -0.608. The molecule has 22 heavy (non-hydrogen) atoms. The summed E-state index contributed by atoms with van der Waals surface area (Å²) in [7, 11) is 1.37. The Hall–Kier alpha value is -1.53. The van der Waals surface area contributed by atoms with Crippen LogP contribution in [0.3, 0.4) is 0 Å². The number of ether oxygens (including phenoxy) is 2. The highest BCUT2D eigenvalue weighted by Crippen LogP contribution is 2.27. The first kappa shape index (κ1) is 18.5. The molecule has 0 aromatic heterocycles. The van der Waals surface area contributed by atoms with Gasteiger partial charge in [-0.2, -0.15) is 0 Å². The van der Waals surface area contributed by atoms with Gasteiger partial charge in [0.1, 0.15) is 5.60 Å². The second-order valence-electron chi connectivity index (χ2n) is 5.86. The smallest absolute Gasteiger partial charge is 0.407 e. The monoisotopic (exact) mass is 332 g/mol. The average molecular weight is 333 g/mol. The fourth-order valence-electron chi connectivity index (χ4n) is 1.93. The SMILES string of the molecule is COc1c(F)cc(Cl)cc1CC(CN)NC(=O)OC(C)(C)C. The molecule has 1 amide bonds. The number of carbonyl (C=O) groups excluding carboxylic acids is 1. The largest absolute Gasteiger partial charge is 0.493 e. The Bertz CT molecular complexity index is 532. The molecule has 0 aliphatic carbocycles. The molecule has 0 saturated heterocycles. The zero-order valence-corrected chi connectivity index (χ0v) is 14.0. The van der Waals surface area contributed by atoms with Crippen molar-refractivity contribution in [3.05, 3.63) is 28.5 Å². The third-order valence-corrected chi connectivity index (χ3v) is 2.98. The van der Waals surface area contributed by atoms with Crippen molar-refractivity contribution in [1.82, 2.24) is 5.32 Å². The van der Waals surface area contributed by atoms with Gasteiger partial charge >= 0.3 is 6.09 Å². The maximum Gasteiger partial charge on any atom is 0.407 e. The lowest BCUT2D eigenvalue weighted by Crippen LogP contribution is -2.44. The fourth-order valence-corrected chi connectivity index (χ4v) is 2.15. The summed E-state index contributed by atoms with van der Waals surface area (Å²) in [5.41, 5.74) is 5.58. The summed E-state index contributed by atoms with van der Waals surface area (Å²) in [6.07, 6.45) is -0.305. The first-order chi connectivity index (χ1) is 10.2. The summed E-state index contributed by atoms with van der Waals surface area (Å²) in [6.45, 7) is 5.45. The summed E-state index contributed by atoms with van der Waals surface area (Å²) < 4.78 is 24.0. The molecule has 3 N–H and O–H groups in total. The highest BCUT2D eigenvalue weighted by Gasteiger charge is 2.21.